The van der Waals surface area contributed by atoms with E-state index in [2.05, 4.69) is 11.8 Å². The molecular formula is C24H50N2O3. The number of hydrogen-bond acceptors (Lipinski definition) is 3. The first-order valence-electron chi connectivity index (χ1n) is 11.9. The Labute approximate surface area is 180 Å². The van der Waals surface area contributed by atoms with Crippen molar-refractivity contribution in [1.29, 1.82) is 0 Å². The molecule has 0 heterocycles. The molecule has 5 heteroatoms. The SMILES string of the molecule is CC(=O)O.CCCCCCCCCCCCCCCCC(CCN(C)C)C(N)=O. The molecule has 0 radical (unpaired) electrons. The van der Waals surface area contributed by atoms with Gasteiger partial charge in [-0.15, -0.1) is 0 Å². The summed E-state index contributed by atoms with van der Waals surface area (Å²) in [4.78, 5) is 22.6. The van der Waals surface area contributed by atoms with Gasteiger partial charge in [-0.25, -0.2) is 0 Å². The number of aliphatic carboxylic acids is 1. The van der Waals surface area contributed by atoms with Crippen LogP contribution in [0.3, 0.4) is 0 Å². The maximum Gasteiger partial charge on any atom is 0.300 e. The Morgan fingerprint density at radius 2 is 1.10 bits per heavy atom. The summed E-state index contributed by atoms with van der Waals surface area (Å²) in [6.07, 6.45) is 21.1. The molecule has 1 unspecified atom stereocenters. The van der Waals surface area contributed by atoms with Gasteiger partial charge in [0.1, 0.15) is 0 Å². The van der Waals surface area contributed by atoms with Gasteiger partial charge < -0.3 is 15.7 Å². The normalized spacial score (nSPS) is 11.8. The highest BCUT2D eigenvalue weighted by Gasteiger charge is 2.14. The van der Waals surface area contributed by atoms with Crippen LogP contribution in [-0.2, 0) is 9.59 Å². The number of carbonyl (C=O) groups excluding carboxylic acids is 1. The van der Waals surface area contributed by atoms with Gasteiger partial charge in [0.25, 0.3) is 5.97 Å². The summed E-state index contributed by atoms with van der Waals surface area (Å²) >= 11 is 0. The van der Waals surface area contributed by atoms with Gasteiger partial charge in [0, 0.05) is 12.8 Å². The van der Waals surface area contributed by atoms with E-state index in [0.717, 1.165) is 32.7 Å². The van der Waals surface area contributed by atoms with E-state index in [0.29, 0.717) is 0 Å². The number of rotatable bonds is 19. The molecular weight excluding hydrogens is 364 g/mol. The average Bonchev–Trinajstić information content (AvgIpc) is 2.63. The molecule has 1 atom stereocenters. The number of nitrogens with zero attached hydrogens (tertiary/aromatic N) is 1. The van der Waals surface area contributed by atoms with Crippen LogP contribution in [0.2, 0.25) is 0 Å². The monoisotopic (exact) mass is 414 g/mol. The number of nitrogens with two attached hydrogens (primary N) is 1. The molecule has 0 fully saturated rings. The Kier molecular flexibility index (Phi) is 24.1. The predicted molar refractivity (Wildman–Crippen MR) is 124 cm³/mol. The maximum absolute atomic E-state index is 11.5. The first-order chi connectivity index (χ1) is 13.8. The highest BCUT2D eigenvalue weighted by molar-refractivity contribution is 5.76. The van der Waals surface area contributed by atoms with Crippen molar-refractivity contribution < 1.29 is 14.7 Å². The molecule has 0 aromatic heterocycles. The maximum atomic E-state index is 11.5. The Bertz CT molecular complexity index is 369. The van der Waals surface area contributed by atoms with Crippen LogP contribution >= 0.6 is 0 Å². The summed E-state index contributed by atoms with van der Waals surface area (Å²) in [6.45, 7) is 4.31. The molecule has 29 heavy (non-hydrogen) atoms. The molecule has 0 rings (SSSR count). The van der Waals surface area contributed by atoms with Crippen molar-refractivity contribution in [2.75, 3.05) is 20.6 Å². The van der Waals surface area contributed by atoms with Crippen LogP contribution in [0.5, 0.6) is 0 Å². The average molecular weight is 415 g/mol. The summed E-state index contributed by atoms with van der Waals surface area (Å²) < 4.78 is 0. The lowest BCUT2D eigenvalue weighted by Crippen LogP contribution is -2.27. The Morgan fingerprint density at radius 3 is 1.41 bits per heavy atom. The fraction of sp³-hybridized carbons (Fsp3) is 0.917. The molecule has 0 saturated carbocycles. The lowest BCUT2D eigenvalue weighted by Gasteiger charge is -2.16. The van der Waals surface area contributed by atoms with Crippen molar-refractivity contribution in [3.8, 4) is 0 Å². The zero-order valence-corrected chi connectivity index (χ0v) is 19.9. The fourth-order valence-corrected chi connectivity index (χ4v) is 3.43. The Hall–Kier alpha value is -1.10. The van der Waals surface area contributed by atoms with E-state index in [1.54, 1.807) is 0 Å². The number of carboxylic acids is 1. The predicted octanol–water partition coefficient (Wildman–Crippen LogP) is 6.00. The molecule has 0 bridgehead atoms. The Morgan fingerprint density at radius 1 is 0.759 bits per heavy atom. The van der Waals surface area contributed by atoms with Crippen molar-refractivity contribution >= 4 is 11.9 Å². The van der Waals surface area contributed by atoms with Crippen LogP contribution < -0.4 is 5.73 Å². The van der Waals surface area contributed by atoms with Gasteiger partial charge in [-0.1, -0.05) is 96.8 Å². The largest absolute Gasteiger partial charge is 0.481 e. The zero-order valence-electron chi connectivity index (χ0n) is 19.9. The lowest BCUT2D eigenvalue weighted by molar-refractivity contribution is -0.134. The van der Waals surface area contributed by atoms with Crippen molar-refractivity contribution in [2.45, 2.75) is 117 Å². The first kappa shape index (κ1) is 30.1. The summed E-state index contributed by atoms with van der Waals surface area (Å²) in [5.41, 5.74) is 5.52. The fourth-order valence-electron chi connectivity index (χ4n) is 3.43. The summed E-state index contributed by atoms with van der Waals surface area (Å²) in [7, 11) is 4.09. The number of carboxylic acid groups (broad SMARTS) is 1. The van der Waals surface area contributed by atoms with Crippen LogP contribution in [0.1, 0.15) is 117 Å². The van der Waals surface area contributed by atoms with E-state index in [1.807, 2.05) is 14.1 Å². The zero-order chi connectivity index (χ0) is 22.3. The second kappa shape index (κ2) is 23.2. The number of unbranched alkanes of at least 4 members (excludes halogenated alkanes) is 13. The minimum absolute atomic E-state index is 0.0692. The standard InChI is InChI=1S/C22H46N2O.C2H4O2/c1-4-5-6-7-8-9-10-11-12-13-14-15-16-17-18-21(22(23)25)19-20-24(2)3;1-2(3)4/h21H,4-20H2,1-3H3,(H2,23,25);1H3,(H,3,4). The summed E-state index contributed by atoms with van der Waals surface area (Å²) in [6, 6.07) is 0. The van der Waals surface area contributed by atoms with Crippen LogP contribution in [0.4, 0.5) is 0 Å². The molecule has 5 nitrogen and oxygen atoms in total. The number of carbonyl (C=O) groups is 2. The van der Waals surface area contributed by atoms with Crippen molar-refractivity contribution in [2.24, 2.45) is 11.7 Å². The Balaban J connectivity index is 0. The van der Waals surface area contributed by atoms with Crippen molar-refractivity contribution in [3.63, 3.8) is 0 Å². The van der Waals surface area contributed by atoms with Gasteiger partial charge >= 0.3 is 0 Å². The molecule has 1 amide bonds. The highest BCUT2D eigenvalue weighted by atomic mass is 16.4. The van der Waals surface area contributed by atoms with Gasteiger partial charge in [-0.2, -0.15) is 0 Å². The topological polar surface area (TPSA) is 83.6 Å². The lowest BCUT2D eigenvalue weighted by atomic mass is 9.96. The van der Waals surface area contributed by atoms with Crippen LogP contribution in [0.25, 0.3) is 0 Å². The van der Waals surface area contributed by atoms with Gasteiger partial charge in [0.2, 0.25) is 5.91 Å². The van der Waals surface area contributed by atoms with E-state index in [-0.39, 0.29) is 11.8 Å². The summed E-state index contributed by atoms with van der Waals surface area (Å²) in [5.74, 6) is -0.878. The number of hydrogen-bond donors (Lipinski definition) is 2. The first-order valence-corrected chi connectivity index (χ1v) is 11.9. The second-order valence-electron chi connectivity index (χ2n) is 8.60. The molecule has 0 spiro atoms. The highest BCUT2D eigenvalue weighted by Crippen LogP contribution is 2.16. The molecule has 3 N–H and O–H groups in total. The van der Waals surface area contributed by atoms with Gasteiger partial charge in [0.05, 0.1) is 0 Å². The third-order valence-electron chi connectivity index (χ3n) is 5.23. The van der Waals surface area contributed by atoms with E-state index >= 15 is 0 Å². The minimum Gasteiger partial charge on any atom is -0.481 e. The van der Waals surface area contributed by atoms with Crippen LogP contribution in [0, 0.1) is 5.92 Å². The summed E-state index contributed by atoms with van der Waals surface area (Å²) in [5, 5.41) is 7.42. The molecule has 0 aliphatic heterocycles. The third kappa shape index (κ3) is 29.2. The van der Waals surface area contributed by atoms with Crippen LogP contribution in [0.15, 0.2) is 0 Å². The smallest absolute Gasteiger partial charge is 0.300 e. The molecule has 0 aliphatic carbocycles. The second-order valence-corrected chi connectivity index (χ2v) is 8.60. The van der Waals surface area contributed by atoms with E-state index in [9.17, 15) is 4.79 Å². The molecule has 0 aromatic rings. The number of amides is 1. The van der Waals surface area contributed by atoms with E-state index in [1.165, 1.54) is 83.5 Å². The van der Waals surface area contributed by atoms with E-state index < -0.39 is 5.97 Å². The van der Waals surface area contributed by atoms with E-state index in [4.69, 9.17) is 15.6 Å². The van der Waals surface area contributed by atoms with Gasteiger partial charge in [-0.05, 0) is 33.5 Å². The van der Waals surface area contributed by atoms with Crippen molar-refractivity contribution in [1.82, 2.24) is 4.90 Å². The third-order valence-corrected chi connectivity index (χ3v) is 5.23. The quantitative estimate of drug-likeness (QED) is 0.254. The molecule has 0 aliphatic rings. The van der Waals surface area contributed by atoms with Gasteiger partial charge in [0.15, 0.2) is 0 Å². The minimum atomic E-state index is -0.833. The van der Waals surface area contributed by atoms with Crippen LogP contribution in [-0.4, -0.2) is 42.5 Å². The molecule has 0 saturated heterocycles. The van der Waals surface area contributed by atoms with Crippen molar-refractivity contribution in [3.05, 3.63) is 0 Å². The molecule has 0 aromatic carbocycles. The number of primary amides is 1. The van der Waals surface area contributed by atoms with Gasteiger partial charge in [-0.3, -0.25) is 9.59 Å². The molecule has 174 valence electrons.